The van der Waals surface area contributed by atoms with Crippen LogP contribution in [0.15, 0.2) is 28.8 Å². The van der Waals surface area contributed by atoms with Crippen LogP contribution in [-0.4, -0.2) is 41.6 Å². The van der Waals surface area contributed by atoms with E-state index >= 15 is 0 Å². The zero-order valence-corrected chi connectivity index (χ0v) is 16.0. The van der Waals surface area contributed by atoms with Gasteiger partial charge >= 0.3 is 0 Å². The van der Waals surface area contributed by atoms with Gasteiger partial charge in [0.15, 0.2) is 5.76 Å². The normalized spacial score (nSPS) is 12.4. The molecule has 0 unspecified atom stereocenters. The largest absolute Gasteiger partial charge is 0.355 e. The second-order valence-electron chi connectivity index (χ2n) is 6.53. The summed E-state index contributed by atoms with van der Waals surface area (Å²) in [6, 6.07) is 6.01. The first-order chi connectivity index (χ1) is 12.5. The maximum Gasteiger partial charge on any atom is 0.257 e. The molecule has 1 atom stereocenters. The van der Waals surface area contributed by atoms with Crippen molar-refractivity contribution in [3.05, 3.63) is 41.3 Å². The van der Waals surface area contributed by atoms with Crippen LogP contribution in [0.5, 0.6) is 0 Å². The number of amides is 1. The number of hydrogen-bond acceptors (Lipinski definition) is 4. The summed E-state index contributed by atoms with van der Waals surface area (Å²) in [5, 5.41) is 6.90. The van der Waals surface area contributed by atoms with E-state index in [2.05, 4.69) is 29.2 Å². The lowest BCUT2D eigenvalue weighted by atomic mass is 10.1. The Labute approximate surface area is 154 Å². The summed E-state index contributed by atoms with van der Waals surface area (Å²) in [6.07, 6.45) is 1.91. The molecule has 142 valence electrons. The molecule has 5 nitrogen and oxygen atoms in total. The lowest BCUT2D eigenvalue weighted by Crippen LogP contribution is -2.34. The summed E-state index contributed by atoms with van der Waals surface area (Å²) >= 11 is 0. The molecule has 0 radical (unpaired) electrons. The molecule has 0 aliphatic heterocycles. The third-order valence-electron chi connectivity index (χ3n) is 4.56. The summed E-state index contributed by atoms with van der Waals surface area (Å²) in [5.41, 5.74) is 1.37. The monoisotopic (exact) mass is 361 g/mol. The second-order valence-corrected chi connectivity index (χ2v) is 6.53. The van der Waals surface area contributed by atoms with Crippen molar-refractivity contribution in [3.8, 4) is 11.3 Å². The third kappa shape index (κ3) is 5.14. The van der Waals surface area contributed by atoms with Crippen LogP contribution in [0.2, 0.25) is 0 Å². The number of nitrogens with one attached hydrogen (secondary N) is 1. The van der Waals surface area contributed by atoms with Gasteiger partial charge < -0.3 is 14.7 Å². The molecule has 1 aromatic heterocycles. The van der Waals surface area contributed by atoms with E-state index in [1.54, 1.807) is 19.1 Å². The molecule has 1 amide bonds. The van der Waals surface area contributed by atoms with E-state index in [0.717, 1.165) is 32.5 Å². The van der Waals surface area contributed by atoms with Gasteiger partial charge in [-0.1, -0.05) is 31.1 Å². The minimum atomic E-state index is -0.382. The highest BCUT2D eigenvalue weighted by atomic mass is 19.1. The summed E-state index contributed by atoms with van der Waals surface area (Å²) < 4.78 is 18.8. The molecule has 2 aromatic rings. The number of halogens is 1. The lowest BCUT2D eigenvalue weighted by molar-refractivity contribution is 0.0937. The highest BCUT2D eigenvalue weighted by Crippen LogP contribution is 2.26. The molecule has 0 aliphatic carbocycles. The summed E-state index contributed by atoms with van der Waals surface area (Å²) in [4.78, 5) is 15.1. The molecule has 0 saturated heterocycles. The molecule has 1 heterocycles. The Morgan fingerprint density at radius 3 is 2.73 bits per heavy atom. The lowest BCUT2D eigenvalue weighted by Gasteiger charge is -2.19. The van der Waals surface area contributed by atoms with Crippen molar-refractivity contribution >= 4 is 5.91 Å². The van der Waals surface area contributed by atoms with Crippen molar-refractivity contribution < 1.29 is 13.7 Å². The minimum absolute atomic E-state index is 0.0349. The van der Waals surface area contributed by atoms with Crippen LogP contribution in [0.25, 0.3) is 11.3 Å². The first-order valence-electron chi connectivity index (χ1n) is 9.21. The Morgan fingerprint density at radius 2 is 2.08 bits per heavy atom. The van der Waals surface area contributed by atoms with E-state index in [1.807, 2.05) is 6.92 Å². The molecule has 6 heteroatoms. The fourth-order valence-electron chi connectivity index (χ4n) is 2.99. The van der Waals surface area contributed by atoms with E-state index in [1.165, 1.54) is 12.1 Å². The van der Waals surface area contributed by atoms with Crippen LogP contribution < -0.4 is 5.32 Å². The molecule has 0 bridgehead atoms. The SMILES string of the molecule is CCN(CC)CCC[C@H](C)NC(=O)c1c(C)noc1-c1cccc(F)c1. The molecule has 26 heavy (non-hydrogen) atoms. The van der Waals surface area contributed by atoms with Crippen molar-refractivity contribution in [1.29, 1.82) is 0 Å². The van der Waals surface area contributed by atoms with Gasteiger partial charge in [-0.25, -0.2) is 4.39 Å². The quantitative estimate of drug-likeness (QED) is 0.733. The average Bonchev–Trinajstić information content (AvgIpc) is 3.00. The van der Waals surface area contributed by atoms with Crippen LogP contribution in [0.3, 0.4) is 0 Å². The van der Waals surface area contributed by atoms with Crippen LogP contribution >= 0.6 is 0 Å². The van der Waals surface area contributed by atoms with Crippen LogP contribution in [0, 0.1) is 12.7 Å². The number of carbonyl (C=O) groups excluding carboxylic acids is 1. The van der Waals surface area contributed by atoms with Crippen LogP contribution in [0.1, 0.15) is 49.7 Å². The minimum Gasteiger partial charge on any atom is -0.355 e. The molecule has 0 spiro atoms. The van der Waals surface area contributed by atoms with Crippen molar-refractivity contribution in [1.82, 2.24) is 15.4 Å². The van der Waals surface area contributed by atoms with Gasteiger partial charge in [0.05, 0.1) is 5.69 Å². The Bertz CT molecular complexity index is 726. The first-order valence-corrected chi connectivity index (χ1v) is 9.21. The standard InChI is InChI=1S/C20H28FN3O2/c1-5-24(6-2)12-8-9-14(3)22-20(25)18-15(4)23-26-19(18)16-10-7-11-17(21)13-16/h7,10-11,13-14H,5-6,8-9,12H2,1-4H3,(H,22,25)/t14-/m0/s1. The molecular weight excluding hydrogens is 333 g/mol. The number of rotatable bonds is 9. The Morgan fingerprint density at radius 1 is 1.35 bits per heavy atom. The van der Waals surface area contributed by atoms with Crippen LogP contribution in [-0.2, 0) is 0 Å². The highest BCUT2D eigenvalue weighted by Gasteiger charge is 2.23. The smallest absolute Gasteiger partial charge is 0.257 e. The fraction of sp³-hybridized carbons (Fsp3) is 0.500. The van der Waals surface area contributed by atoms with Crippen molar-refractivity contribution in [2.75, 3.05) is 19.6 Å². The van der Waals surface area contributed by atoms with E-state index < -0.39 is 0 Å². The number of aromatic nitrogens is 1. The summed E-state index contributed by atoms with van der Waals surface area (Å²) in [5.74, 6) is -0.319. The van der Waals surface area contributed by atoms with Gasteiger partial charge in [-0.05, 0) is 58.5 Å². The molecule has 0 aliphatic rings. The molecule has 1 N–H and O–H groups in total. The zero-order valence-electron chi connectivity index (χ0n) is 16.0. The van der Waals surface area contributed by atoms with E-state index in [4.69, 9.17) is 4.52 Å². The van der Waals surface area contributed by atoms with Gasteiger partial charge in [0, 0.05) is 11.6 Å². The van der Waals surface area contributed by atoms with Gasteiger partial charge in [0.1, 0.15) is 11.4 Å². The molecule has 2 rings (SSSR count). The van der Waals surface area contributed by atoms with Gasteiger partial charge in [0.2, 0.25) is 0 Å². The molecule has 0 fully saturated rings. The number of benzene rings is 1. The number of carbonyl (C=O) groups is 1. The maximum absolute atomic E-state index is 13.5. The predicted octanol–water partition coefficient (Wildman–Crippen LogP) is 4.03. The van der Waals surface area contributed by atoms with Gasteiger partial charge in [-0.2, -0.15) is 0 Å². The van der Waals surface area contributed by atoms with E-state index in [0.29, 0.717) is 22.6 Å². The van der Waals surface area contributed by atoms with Crippen molar-refractivity contribution in [2.45, 2.75) is 46.6 Å². The number of aryl methyl sites for hydroxylation is 1. The van der Waals surface area contributed by atoms with Crippen LogP contribution in [0.4, 0.5) is 4.39 Å². The fourth-order valence-corrected chi connectivity index (χ4v) is 2.99. The number of nitrogens with zero attached hydrogens (tertiary/aromatic N) is 2. The highest BCUT2D eigenvalue weighted by molar-refractivity contribution is 6.00. The van der Waals surface area contributed by atoms with Crippen molar-refractivity contribution in [2.24, 2.45) is 0 Å². The predicted molar refractivity (Wildman–Crippen MR) is 101 cm³/mol. The van der Waals surface area contributed by atoms with Gasteiger partial charge in [0.25, 0.3) is 5.91 Å². The van der Waals surface area contributed by atoms with Crippen molar-refractivity contribution in [3.63, 3.8) is 0 Å². The first kappa shape index (κ1) is 20.1. The van der Waals surface area contributed by atoms with Gasteiger partial charge in [-0.3, -0.25) is 4.79 Å². The summed E-state index contributed by atoms with van der Waals surface area (Å²) in [7, 11) is 0. The number of hydrogen-bond donors (Lipinski definition) is 1. The molecular formula is C20H28FN3O2. The van der Waals surface area contributed by atoms with E-state index in [-0.39, 0.29) is 17.8 Å². The Kier molecular flexibility index (Phi) is 7.33. The maximum atomic E-state index is 13.5. The average molecular weight is 361 g/mol. The van der Waals surface area contributed by atoms with E-state index in [9.17, 15) is 9.18 Å². The molecule has 0 saturated carbocycles. The third-order valence-corrected chi connectivity index (χ3v) is 4.56. The summed E-state index contributed by atoms with van der Waals surface area (Å²) in [6.45, 7) is 11.1. The Balaban J connectivity index is 2.02. The Hall–Kier alpha value is -2.21. The topological polar surface area (TPSA) is 58.4 Å². The molecule has 1 aromatic carbocycles. The second kappa shape index (κ2) is 9.48. The zero-order chi connectivity index (χ0) is 19.1. The van der Waals surface area contributed by atoms with Gasteiger partial charge in [-0.15, -0.1) is 0 Å².